The normalized spacial score (nSPS) is 15.5. The number of pyridine rings is 1. The van der Waals surface area contributed by atoms with Gasteiger partial charge in [-0.05, 0) is 19.8 Å². The van der Waals surface area contributed by atoms with E-state index in [1.807, 2.05) is 0 Å². The molecule has 1 saturated carbocycles. The molecule has 0 unspecified atom stereocenters. The van der Waals surface area contributed by atoms with Gasteiger partial charge in [0.15, 0.2) is 11.2 Å². The van der Waals surface area contributed by atoms with Gasteiger partial charge in [0.1, 0.15) is 0 Å². The van der Waals surface area contributed by atoms with E-state index in [9.17, 15) is 9.59 Å². The minimum absolute atomic E-state index is 0.0279. The van der Waals surface area contributed by atoms with Gasteiger partial charge in [-0.1, -0.05) is 0 Å². The van der Waals surface area contributed by atoms with E-state index in [2.05, 4.69) is 0 Å². The van der Waals surface area contributed by atoms with Crippen LogP contribution < -0.4 is 5.43 Å². The SMILES string of the molecule is Cc1cn(CC(=O)C2CC2)ccc1=O. The molecule has 1 aromatic heterocycles. The maximum atomic E-state index is 11.5. The second kappa shape index (κ2) is 3.40. The molecule has 0 N–H and O–H groups in total. The number of nitrogens with zero attached hydrogens (tertiary/aromatic N) is 1. The smallest absolute Gasteiger partial charge is 0.184 e. The van der Waals surface area contributed by atoms with Gasteiger partial charge < -0.3 is 4.57 Å². The number of aryl methyl sites for hydroxylation is 1. The predicted molar refractivity (Wildman–Crippen MR) is 53.2 cm³/mol. The largest absolute Gasteiger partial charge is 0.346 e. The van der Waals surface area contributed by atoms with Gasteiger partial charge in [0.25, 0.3) is 0 Å². The molecule has 74 valence electrons. The Morgan fingerprint density at radius 2 is 2.29 bits per heavy atom. The number of carbonyl (C=O) groups is 1. The van der Waals surface area contributed by atoms with Crippen LogP contribution in [-0.2, 0) is 11.3 Å². The molecule has 14 heavy (non-hydrogen) atoms. The van der Waals surface area contributed by atoms with E-state index in [0.717, 1.165) is 12.8 Å². The summed E-state index contributed by atoms with van der Waals surface area (Å²) in [7, 11) is 0. The van der Waals surface area contributed by atoms with Gasteiger partial charge in [-0.15, -0.1) is 0 Å². The Hall–Kier alpha value is -1.38. The summed E-state index contributed by atoms with van der Waals surface area (Å²) in [6.45, 7) is 2.17. The predicted octanol–water partition coefficient (Wildman–Crippen LogP) is 1.14. The lowest BCUT2D eigenvalue weighted by atomic mass is 10.2. The van der Waals surface area contributed by atoms with Crippen molar-refractivity contribution in [1.82, 2.24) is 4.57 Å². The summed E-state index contributed by atoms with van der Waals surface area (Å²) < 4.78 is 1.79. The first-order chi connectivity index (χ1) is 6.66. The van der Waals surface area contributed by atoms with Crippen LogP contribution >= 0.6 is 0 Å². The lowest BCUT2D eigenvalue weighted by Gasteiger charge is -2.04. The second-order valence-electron chi connectivity index (χ2n) is 3.91. The second-order valence-corrected chi connectivity index (χ2v) is 3.91. The summed E-state index contributed by atoms with van der Waals surface area (Å²) in [4.78, 5) is 22.6. The van der Waals surface area contributed by atoms with E-state index >= 15 is 0 Å². The third kappa shape index (κ3) is 1.92. The average molecular weight is 191 g/mol. The molecule has 0 saturated heterocycles. The highest BCUT2D eigenvalue weighted by Gasteiger charge is 2.28. The van der Waals surface area contributed by atoms with Crippen molar-refractivity contribution in [2.24, 2.45) is 5.92 Å². The number of carbonyl (C=O) groups excluding carboxylic acids is 1. The minimum Gasteiger partial charge on any atom is -0.346 e. The van der Waals surface area contributed by atoms with E-state index in [1.165, 1.54) is 6.07 Å². The van der Waals surface area contributed by atoms with E-state index < -0.39 is 0 Å². The molecule has 0 atom stereocenters. The van der Waals surface area contributed by atoms with E-state index in [1.54, 1.807) is 23.9 Å². The van der Waals surface area contributed by atoms with Crippen LogP contribution in [0.2, 0.25) is 0 Å². The summed E-state index contributed by atoms with van der Waals surface area (Å²) in [6.07, 6.45) is 5.49. The van der Waals surface area contributed by atoms with Gasteiger partial charge in [0.05, 0.1) is 6.54 Å². The third-order valence-corrected chi connectivity index (χ3v) is 2.54. The van der Waals surface area contributed by atoms with Gasteiger partial charge in [0, 0.05) is 29.9 Å². The lowest BCUT2D eigenvalue weighted by molar-refractivity contribution is -0.120. The Kier molecular flexibility index (Phi) is 2.23. The molecule has 2 rings (SSSR count). The summed E-state index contributed by atoms with van der Waals surface area (Å²) in [5, 5.41) is 0. The van der Waals surface area contributed by atoms with Crippen LogP contribution in [-0.4, -0.2) is 10.4 Å². The molecule has 0 spiro atoms. The Balaban J connectivity index is 2.12. The van der Waals surface area contributed by atoms with Crippen molar-refractivity contribution >= 4 is 5.78 Å². The van der Waals surface area contributed by atoms with Crippen molar-refractivity contribution in [2.75, 3.05) is 0 Å². The Morgan fingerprint density at radius 3 is 2.86 bits per heavy atom. The molecule has 1 fully saturated rings. The van der Waals surface area contributed by atoms with Crippen LogP contribution in [0.3, 0.4) is 0 Å². The zero-order valence-electron chi connectivity index (χ0n) is 8.19. The monoisotopic (exact) mass is 191 g/mol. The quantitative estimate of drug-likeness (QED) is 0.718. The van der Waals surface area contributed by atoms with E-state index in [4.69, 9.17) is 0 Å². The fourth-order valence-corrected chi connectivity index (χ4v) is 1.46. The van der Waals surface area contributed by atoms with Crippen LogP contribution in [0.4, 0.5) is 0 Å². The van der Waals surface area contributed by atoms with Crippen molar-refractivity contribution in [3.8, 4) is 0 Å². The molecule has 3 heteroatoms. The number of hydrogen-bond acceptors (Lipinski definition) is 2. The highest BCUT2D eigenvalue weighted by molar-refractivity contribution is 5.82. The fourth-order valence-electron chi connectivity index (χ4n) is 1.46. The summed E-state index contributed by atoms with van der Waals surface area (Å²) in [5.41, 5.74) is 0.719. The third-order valence-electron chi connectivity index (χ3n) is 2.54. The number of ketones is 1. The standard InChI is InChI=1S/C11H13NO2/c1-8-6-12(5-4-10(8)13)7-11(14)9-2-3-9/h4-6,9H,2-3,7H2,1H3. The maximum absolute atomic E-state index is 11.5. The first-order valence-electron chi connectivity index (χ1n) is 4.86. The zero-order valence-corrected chi connectivity index (χ0v) is 8.19. The molecule has 0 amide bonds. The van der Waals surface area contributed by atoms with Crippen molar-refractivity contribution in [2.45, 2.75) is 26.3 Å². The van der Waals surface area contributed by atoms with Crippen LogP contribution in [0.1, 0.15) is 18.4 Å². The Morgan fingerprint density at radius 1 is 1.57 bits per heavy atom. The Labute approximate surface area is 82.4 Å². The lowest BCUT2D eigenvalue weighted by Crippen LogP contribution is -2.15. The summed E-state index contributed by atoms with van der Waals surface area (Å²) in [6, 6.07) is 1.51. The molecule has 1 heterocycles. The van der Waals surface area contributed by atoms with Crippen LogP contribution in [0.25, 0.3) is 0 Å². The summed E-state index contributed by atoms with van der Waals surface area (Å²) in [5.74, 6) is 0.572. The first-order valence-corrected chi connectivity index (χ1v) is 4.86. The van der Waals surface area contributed by atoms with Crippen molar-refractivity contribution in [3.63, 3.8) is 0 Å². The summed E-state index contributed by atoms with van der Waals surface area (Å²) >= 11 is 0. The Bertz CT molecular complexity index is 416. The number of Topliss-reactive ketones (excluding diaryl/α,β-unsaturated/α-hetero) is 1. The van der Waals surface area contributed by atoms with Gasteiger partial charge >= 0.3 is 0 Å². The van der Waals surface area contributed by atoms with Crippen molar-refractivity contribution in [1.29, 1.82) is 0 Å². The molecule has 3 nitrogen and oxygen atoms in total. The fraction of sp³-hybridized carbons (Fsp3) is 0.455. The average Bonchev–Trinajstić information content (AvgIpc) is 2.94. The maximum Gasteiger partial charge on any atom is 0.184 e. The highest BCUT2D eigenvalue weighted by atomic mass is 16.1. The highest BCUT2D eigenvalue weighted by Crippen LogP contribution is 2.30. The topological polar surface area (TPSA) is 39.1 Å². The van der Waals surface area contributed by atoms with Crippen LogP contribution in [0.15, 0.2) is 23.3 Å². The van der Waals surface area contributed by atoms with Gasteiger partial charge in [-0.3, -0.25) is 9.59 Å². The van der Waals surface area contributed by atoms with Crippen molar-refractivity contribution < 1.29 is 4.79 Å². The van der Waals surface area contributed by atoms with Crippen LogP contribution in [0, 0.1) is 12.8 Å². The van der Waals surface area contributed by atoms with E-state index in [-0.39, 0.29) is 17.1 Å². The van der Waals surface area contributed by atoms with Gasteiger partial charge in [0.2, 0.25) is 0 Å². The molecular weight excluding hydrogens is 178 g/mol. The molecule has 0 aliphatic heterocycles. The van der Waals surface area contributed by atoms with Gasteiger partial charge in [-0.25, -0.2) is 0 Å². The number of aromatic nitrogens is 1. The molecule has 0 aromatic carbocycles. The van der Waals surface area contributed by atoms with E-state index in [0.29, 0.717) is 12.1 Å². The minimum atomic E-state index is 0.0279. The first kappa shape index (κ1) is 9.19. The molecular formula is C11H13NO2. The molecule has 1 aliphatic rings. The zero-order chi connectivity index (χ0) is 10.1. The molecule has 0 bridgehead atoms. The van der Waals surface area contributed by atoms with Crippen molar-refractivity contribution in [3.05, 3.63) is 34.2 Å². The van der Waals surface area contributed by atoms with Crippen LogP contribution in [0.5, 0.6) is 0 Å². The number of rotatable bonds is 3. The molecule has 1 aromatic rings. The molecule has 1 aliphatic carbocycles. The molecule has 0 radical (unpaired) electrons. The van der Waals surface area contributed by atoms with Gasteiger partial charge in [-0.2, -0.15) is 0 Å². The number of hydrogen-bond donors (Lipinski definition) is 0.